The second-order valence-corrected chi connectivity index (χ2v) is 6.41. The van der Waals surface area contributed by atoms with Crippen LogP contribution in [0.15, 0.2) is 42.5 Å². The topological polar surface area (TPSA) is 38.9 Å². The summed E-state index contributed by atoms with van der Waals surface area (Å²) in [5.41, 5.74) is 10.5. The van der Waals surface area contributed by atoms with Gasteiger partial charge in [0.05, 0.1) is 16.7 Å². The number of fused-ring (bicyclic) bond motifs is 2. The predicted octanol–water partition coefficient (Wildman–Crippen LogP) is 5.87. The van der Waals surface area contributed by atoms with Crippen LogP contribution in [0, 0.1) is 0 Å². The Labute approximate surface area is 138 Å². The van der Waals surface area contributed by atoms with E-state index in [9.17, 15) is 0 Å². The van der Waals surface area contributed by atoms with Crippen molar-refractivity contribution in [2.24, 2.45) is 0 Å². The standard InChI is InChI=1S/C21H26N2/c1-2-3-4-5-6-7-10-16-13-14-18-20(15-16)23-19-12-9-8-11-17(19)21(18)22/h8-9,11-15H,2-7,10H2,1H3,(H2,22,23). The molecule has 2 aromatic carbocycles. The highest BCUT2D eigenvalue weighted by Crippen LogP contribution is 2.28. The first-order chi connectivity index (χ1) is 11.3. The molecule has 1 aromatic heterocycles. The number of para-hydroxylation sites is 1. The van der Waals surface area contributed by atoms with E-state index >= 15 is 0 Å². The molecule has 0 fully saturated rings. The minimum absolute atomic E-state index is 0.844. The Balaban J connectivity index is 1.75. The molecular formula is C21H26N2. The van der Waals surface area contributed by atoms with Crippen molar-refractivity contribution < 1.29 is 0 Å². The Kier molecular flexibility index (Phi) is 5.12. The van der Waals surface area contributed by atoms with Gasteiger partial charge < -0.3 is 5.73 Å². The molecule has 0 saturated carbocycles. The van der Waals surface area contributed by atoms with Crippen LogP contribution in [0.4, 0.5) is 5.69 Å². The summed E-state index contributed by atoms with van der Waals surface area (Å²) < 4.78 is 0. The summed E-state index contributed by atoms with van der Waals surface area (Å²) in [6.07, 6.45) is 9.13. The van der Waals surface area contributed by atoms with E-state index in [2.05, 4.69) is 25.1 Å². The summed E-state index contributed by atoms with van der Waals surface area (Å²) in [4.78, 5) is 4.79. The summed E-state index contributed by atoms with van der Waals surface area (Å²) in [5.74, 6) is 0. The fourth-order valence-corrected chi connectivity index (χ4v) is 3.24. The van der Waals surface area contributed by atoms with Crippen molar-refractivity contribution in [1.29, 1.82) is 0 Å². The van der Waals surface area contributed by atoms with Crippen LogP contribution in [-0.4, -0.2) is 4.98 Å². The maximum atomic E-state index is 6.33. The van der Waals surface area contributed by atoms with Crippen molar-refractivity contribution >= 4 is 27.5 Å². The molecule has 3 rings (SSSR count). The number of nitrogens with two attached hydrogens (primary N) is 1. The van der Waals surface area contributed by atoms with E-state index in [1.807, 2.05) is 24.3 Å². The summed E-state index contributed by atoms with van der Waals surface area (Å²) in [7, 11) is 0. The van der Waals surface area contributed by atoms with Crippen molar-refractivity contribution in [3.8, 4) is 0 Å². The van der Waals surface area contributed by atoms with Crippen LogP contribution >= 0.6 is 0 Å². The molecular weight excluding hydrogens is 280 g/mol. The highest BCUT2D eigenvalue weighted by molar-refractivity contribution is 6.06. The third-order valence-electron chi connectivity index (χ3n) is 4.61. The van der Waals surface area contributed by atoms with Gasteiger partial charge in [0.25, 0.3) is 0 Å². The monoisotopic (exact) mass is 306 g/mol. The van der Waals surface area contributed by atoms with Crippen LogP contribution in [0.25, 0.3) is 21.8 Å². The minimum Gasteiger partial charge on any atom is -0.398 e. The quantitative estimate of drug-likeness (QED) is 0.437. The normalized spacial score (nSPS) is 11.3. The van der Waals surface area contributed by atoms with E-state index < -0.39 is 0 Å². The summed E-state index contributed by atoms with van der Waals surface area (Å²) in [5, 5.41) is 2.11. The Morgan fingerprint density at radius 2 is 1.57 bits per heavy atom. The van der Waals surface area contributed by atoms with Gasteiger partial charge in [-0.15, -0.1) is 0 Å². The summed E-state index contributed by atoms with van der Waals surface area (Å²) in [6.45, 7) is 2.26. The molecule has 0 aliphatic carbocycles. The Morgan fingerprint density at radius 1 is 0.826 bits per heavy atom. The maximum absolute atomic E-state index is 6.33. The van der Waals surface area contributed by atoms with Gasteiger partial charge in [-0.1, -0.05) is 69.4 Å². The number of anilines is 1. The fraction of sp³-hybridized carbons (Fsp3) is 0.381. The van der Waals surface area contributed by atoms with Crippen LogP contribution < -0.4 is 5.73 Å². The van der Waals surface area contributed by atoms with Crippen LogP contribution in [0.1, 0.15) is 51.0 Å². The SMILES string of the molecule is CCCCCCCCc1ccc2c(N)c3ccccc3nc2c1. The Hall–Kier alpha value is -2.09. The third-order valence-corrected chi connectivity index (χ3v) is 4.61. The van der Waals surface area contributed by atoms with E-state index in [0.717, 1.165) is 33.9 Å². The van der Waals surface area contributed by atoms with E-state index in [1.165, 1.54) is 44.1 Å². The van der Waals surface area contributed by atoms with Crippen LogP contribution in [0.5, 0.6) is 0 Å². The number of nitrogen functional groups attached to an aromatic ring is 1. The van der Waals surface area contributed by atoms with Crippen LogP contribution in [0.2, 0.25) is 0 Å². The summed E-state index contributed by atoms with van der Waals surface area (Å²) in [6, 6.07) is 14.7. The average molecular weight is 306 g/mol. The molecule has 0 unspecified atom stereocenters. The second kappa shape index (κ2) is 7.45. The number of pyridine rings is 1. The van der Waals surface area contributed by atoms with E-state index in [0.29, 0.717) is 0 Å². The van der Waals surface area contributed by atoms with Crippen molar-refractivity contribution in [3.05, 3.63) is 48.0 Å². The fourth-order valence-electron chi connectivity index (χ4n) is 3.24. The molecule has 23 heavy (non-hydrogen) atoms. The van der Waals surface area contributed by atoms with Crippen LogP contribution in [0.3, 0.4) is 0 Å². The smallest absolute Gasteiger partial charge is 0.0733 e. The number of rotatable bonds is 7. The highest BCUT2D eigenvalue weighted by Gasteiger charge is 2.06. The van der Waals surface area contributed by atoms with Crippen LogP contribution in [-0.2, 0) is 6.42 Å². The first kappa shape index (κ1) is 15.8. The average Bonchev–Trinajstić information content (AvgIpc) is 2.58. The summed E-state index contributed by atoms with van der Waals surface area (Å²) >= 11 is 0. The van der Waals surface area contributed by atoms with Crippen molar-refractivity contribution in [1.82, 2.24) is 4.98 Å². The number of hydrogen-bond donors (Lipinski definition) is 1. The first-order valence-corrected chi connectivity index (χ1v) is 8.86. The minimum atomic E-state index is 0.844. The van der Waals surface area contributed by atoms with E-state index in [1.54, 1.807) is 0 Å². The maximum Gasteiger partial charge on any atom is 0.0733 e. The molecule has 2 N–H and O–H groups in total. The number of nitrogens with zero attached hydrogens (tertiary/aromatic N) is 1. The molecule has 2 nitrogen and oxygen atoms in total. The molecule has 0 saturated heterocycles. The highest BCUT2D eigenvalue weighted by atomic mass is 14.7. The lowest BCUT2D eigenvalue weighted by Crippen LogP contribution is -1.94. The molecule has 0 aliphatic rings. The van der Waals surface area contributed by atoms with Gasteiger partial charge in [0.2, 0.25) is 0 Å². The Morgan fingerprint density at radius 3 is 2.43 bits per heavy atom. The van der Waals surface area contributed by atoms with Gasteiger partial charge in [0.15, 0.2) is 0 Å². The molecule has 0 aliphatic heterocycles. The van der Waals surface area contributed by atoms with E-state index in [-0.39, 0.29) is 0 Å². The number of hydrogen-bond acceptors (Lipinski definition) is 2. The van der Waals surface area contributed by atoms with Gasteiger partial charge in [0, 0.05) is 10.8 Å². The third kappa shape index (κ3) is 3.64. The molecule has 3 aromatic rings. The lowest BCUT2D eigenvalue weighted by molar-refractivity contribution is 0.607. The zero-order valence-electron chi connectivity index (χ0n) is 14.0. The Bertz CT molecular complexity index is 792. The van der Waals surface area contributed by atoms with Crippen molar-refractivity contribution in [2.75, 3.05) is 5.73 Å². The lowest BCUT2D eigenvalue weighted by atomic mass is 10.0. The van der Waals surface area contributed by atoms with Gasteiger partial charge in [-0.2, -0.15) is 0 Å². The predicted molar refractivity (Wildman–Crippen MR) is 101 cm³/mol. The van der Waals surface area contributed by atoms with Gasteiger partial charge in [-0.3, -0.25) is 0 Å². The zero-order chi connectivity index (χ0) is 16.1. The zero-order valence-corrected chi connectivity index (χ0v) is 14.0. The number of benzene rings is 2. The van der Waals surface area contributed by atoms with Gasteiger partial charge >= 0.3 is 0 Å². The molecule has 2 heteroatoms. The molecule has 0 radical (unpaired) electrons. The van der Waals surface area contributed by atoms with Gasteiger partial charge in [0.1, 0.15) is 0 Å². The molecule has 0 atom stereocenters. The van der Waals surface area contributed by atoms with Crippen molar-refractivity contribution in [3.63, 3.8) is 0 Å². The molecule has 0 bridgehead atoms. The largest absolute Gasteiger partial charge is 0.398 e. The molecule has 0 spiro atoms. The lowest BCUT2D eigenvalue weighted by Gasteiger charge is -2.08. The van der Waals surface area contributed by atoms with Gasteiger partial charge in [-0.25, -0.2) is 4.98 Å². The number of unbranched alkanes of at least 4 members (excludes halogenated alkanes) is 5. The van der Waals surface area contributed by atoms with Gasteiger partial charge in [-0.05, 0) is 30.5 Å². The molecule has 0 amide bonds. The molecule has 120 valence electrons. The second-order valence-electron chi connectivity index (χ2n) is 6.41. The first-order valence-electron chi connectivity index (χ1n) is 8.86. The number of aryl methyl sites for hydroxylation is 1. The van der Waals surface area contributed by atoms with E-state index in [4.69, 9.17) is 10.7 Å². The number of aromatic nitrogens is 1. The molecule has 1 heterocycles. The van der Waals surface area contributed by atoms with Crippen molar-refractivity contribution in [2.45, 2.75) is 51.9 Å².